The fourth-order valence-corrected chi connectivity index (χ4v) is 4.15. The molecule has 0 spiro atoms. The molecular weight excluding hydrogens is 387 g/mol. The molecule has 2 atom stereocenters. The third kappa shape index (κ3) is 4.16. The molecule has 0 amide bonds. The Morgan fingerprint density at radius 3 is 2.93 bits per heavy atom. The van der Waals surface area contributed by atoms with Gasteiger partial charge in [-0.05, 0) is 25.3 Å². The monoisotopic (exact) mass is 415 g/mol. The molecule has 0 aliphatic heterocycles. The molecule has 4 rings (SSSR count). The summed E-state index contributed by atoms with van der Waals surface area (Å²) < 4.78 is 16.9. The molecule has 0 saturated heterocycles. The van der Waals surface area contributed by atoms with Crippen LogP contribution < -0.4 is 15.4 Å². The number of halogens is 1. The third-order valence-electron chi connectivity index (χ3n) is 5.79. The van der Waals surface area contributed by atoms with Crippen LogP contribution in [0.2, 0.25) is 0 Å². The highest BCUT2D eigenvalue weighted by atomic mass is 19.1. The minimum Gasteiger partial charge on any atom is -0.396 e. The molecule has 0 aromatic carbocycles. The molecule has 1 aliphatic carbocycles. The summed E-state index contributed by atoms with van der Waals surface area (Å²) in [4.78, 5) is 4.64. The molecule has 1 fully saturated rings. The predicted molar refractivity (Wildman–Crippen MR) is 110 cm³/mol. The van der Waals surface area contributed by atoms with Gasteiger partial charge in [-0.3, -0.25) is 5.21 Å². The van der Waals surface area contributed by atoms with Crippen LogP contribution in [0.15, 0.2) is 30.6 Å². The van der Waals surface area contributed by atoms with Crippen molar-refractivity contribution in [3.05, 3.63) is 47.7 Å². The number of nitrogens with one attached hydrogen (secondary N) is 2. The molecule has 0 bridgehead atoms. The predicted octanol–water partition coefficient (Wildman–Crippen LogP) is 2.53. The molecule has 9 heteroatoms. The van der Waals surface area contributed by atoms with Crippen molar-refractivity contribution in [2.75, 3.05) is 17.2 Å². The highest BCUT2D eigenvalue weighted by Gasteiger charge is 2.25. The zero-order chi connectivity index (χ0) is 21.1. The third-order valence-corrected chi connectivity index (χ3v) is 5.79. The summed E-state index contributed by atoms with van der Waals surface area (Å²) in [6.45, 7) is 2.44. The second-order valence-corrected chi connectivity index (χ2v) is 7.81. The van der Waals surface area contributed by atoms with Gasteiger partial charge >= 0.3 is 0 Å². The number of hydrogen-bond acceptors (Lipinski definition) is 6. The quantitative estimate of drug-likeness (QED) is 0.350. The molecular formula is C21H28FN6O2+. The summed E-state index contributed by atoms with van der Waals surface area (Å²) in [5, 5.41) is 30.1. The Hall–Kier alpha value is -2.94. The summed E-state index contributed by atoms with van der Waals surface area (Å²) in [6, 6.07) is 5.57. The van der Waals surface area contributed by atoms with Crippen molar-refractivity contribution in [3.8, 4) is 0 Å². The number of hydrogen-bond donors (Lipinski definition) is 4. The lowest BCUT2D eigenvalue weighted by molar-refractivity contribution is -0.905. The van der Waals surface area contributed by atoms with Crippen LogP contribution in [0.3, 0.4) is 0 Å². The lowest BCUT2D eigenvalue weighted by Crippen LogP contribution is -2.34. The van der Waals surface area contributed by atoms with E-state index in [0.717, 1.165) is 36.0 Å². The van der Waals surface area contributed by atoms with Crippen molar-refractivity contribution in [1.29, 1.82) is 0 Å². The average Bonchev–Trinajstić information content (AvgIpc) is 3.07. The Morgan fingerprint density at radius 1 is 1.33 bits per heavy atom. The van der Waals surface area contributed by atoms with E-state index in [9.17, 15) is 14.7 Å². The number of fused-ring (bicyclic) bond motifs is 1. The van der Waals surface area contributed by atoms with E-state index in [1.807, 2.05) is 19.1 Å². The summed E-state index contributed by atoms with van der Waals surface area (Å²) in [5.74, 6) is 0.898. The van der Waals surface area contributed by atoms with E-state index in [2.05, 4.69) is 20.7 Å². The van der Waals surface area contributed by atoms with Crippen LogP contribution >= 0.6 is 0 Å². The molecule has 1 aliphatic rings. The van der Waals surface area contributed by atoms with Gasteiger partial charge in [-0.25, -0.2) is 4.98 Å². The normalized spacial score (nSPS) is 19.2. The van der Waals surface area contributed by atoms with Crippen molar-refractivity contribution in [2.45, 2.75) is 51.6 Å². The van der Waals surface area contributed by atoms with Gasteiger partial charge in [0.1, 0.15) is 11.6 Å². The van der Waals surface area contributed by atoms with Gasteiger partial charge in [-0.15, -0.1) is 5.10 Å². The van der Waals surface area contributed by atoms with Gasteiger partial charge in [-0.1, -0.05) is 19.8 Å². The molecule has 8 nitrogen and oxygen atoms in total. The van der Waals surface area contributed by atoms with Crippen molar-refractivity contribution in [3.63, 3.8) is 0 Å². The van der Waals surface area contributed by atoms with Crippen LogP contribution in [-0.4, -0.2) is 37.6 Å². The second-order valence-electron chi connectivity index (χ2n) is 7.81. The first-order chi connectivity index (χ1) is 14.6. The van der Waals surface area contributed by atoms with E-state index in [-0.39, 0.29) is 18.6 Å². The van der Waals surface area contributed by atoms with E-state index in [1.54, 1.807) is 12.3 Å². The highest BCUT2D eigenvalue weighted by Crippen LogP contribution is 2.28. The van der Waals surface area contributed by atoms with Crippen LogP contribution in [0, 0.1) is 11.9 Å². The Balaban J connectivity index is 1.66. The largest absolute Gasteiger partial charge is 0.396 e. The minimum absolute atomic E-state index is 0.131. The van der Waals surface area contributed by atoms with E-state index in [0.29, 0.717) is 35.8 Å². The van der Waals surface area contributed by atoms with Crippen molar-refractivity contribution < 1.29 is 19.4 Å². The van der Waals surface area contributed by atoms with Crippen molar-refractivity contribution in [2.24, 2.45) is 5.92 Å². The maximum atomic E-state index is 14.4. The summed E-state index contributed by atoms with van der Waals surface area (Å²) >= 11 is 0. The number of nitrogens with zero attached hydrogens (tertiary/aromatic N) is 4. The highest BCUT2D eigenvalue weighted by molar-refractivity contribution is 5.60. The number of aryl methyl sites for hydroxylation is 1. The van der Waals surface area contributed by atoms with Gasteiger partial charge in [-0.2, -0.15) is 8.91 Å². The fourth-order valence-electron chi connectivity index (χ4n) is 4.15. The molecule has 160 valence electrons. The van der Waals surface area contributed by atoms with Crippen LogP contribution in [0.25, 0.3) is 5.65 Å². The van der Waals surface area contributed by atoms with Gasteiger partial charge in [0.15, 0.2) is 5.65 Å². The van der Waals surface area contributed by atoms with Gasteiger partial charge in [0.25, 0.3) is 0 Å². The number of pyridine rings is 1. The van der Waals surface area contributed by atoms with Gasteiger partial charge < -0.3 is 15.7 Å². The number of anilines is 2. The van der Waals surface area contributed by atoms with Crippen LogP contribution in [0.5, 0.6) is 0 Å². The Kier molecular flexibility index (Phi) is 5.98. The van der Waals surface area contributed by atoms with Crippen LogP contribution in [0.1, 0.15) is 43.7 Å². The molecule has 0 radical (unpaired) electrons. The van der Waals surface area contributed by atoms with E-state index >= 15 is 0 Å². The first-order valence-corrected chi connectivity index (χ1v) is 10.5. The number of aromatic nitrogens is 4. The van der Waals surface area contributed by atoms with Crippen LogP contribution in [0.4, 0.5) is 16.0 Å². The molecule has 3 heterocycles. The summed E-state index contributed by atoms with van der Waals surface area (Å²) in [5.41, 5.74) is 1.80. The number of aliphatic hydroxyl groups excluding tert-OH is 1. The Morgan fingerprint density at radius 2 is 2.17 bits per heavy atom. The summed E-state index contributed by atoms with van der Waals surface area (Å²) in [6.07, 6.45) is 7.80. The van der Waals surface area contributed by atoms with E-state index in [1.165, 1.54) is 10.7 Å². The zero-order valence-corrected chi connectivity index (χ0v) is 17.1. The van der Waals surface area contributed by atoms with Gasteiger partial charge in [0, 0.05) is 47.5 Å². The molecule has 4 N–H and O–H groups in total. The van der Waals surface area contributed by atoms with Crippen molar-refractivity contribution >= 4 is 17.3 Å². The van der Waals surface area contributed by atoms with Gasteiger partial charge in [0.05, 0.1) is 5.56 Å². The SMILES string of the molecule is CCc1c(F)nn2c(NCc3ccc[n+](O)c3)cc(N[C@H]3CCCC[C@H]3CO)nc12. The fraction of sp³-hybridized carbons (Fsp3) is 0.476. The maximum absolute atomic E-state index is 14.4. The smallest absolute Gasteiger partial charge is 0.238 e. The second kappa shape index (κ2) is 8.83. The van der Waals surface area contributed by atoms with E-state index < -0.39 is 5.95 Å². The lowest BCUT2D eigenvalue weighted by Gasteiger charge is -2.31. The zero-order valence-electron chi connectivity index (χ0n) is 17.1. The lowest BCUT2D eigenvalue weighted by atomic mass is 9.85. The Labute approximate surface area is 174 Å². The van der Waals surface area contributed by atoms with E-state index in [4.69, 9.17) is 0 Å². The first kappa shape index (κ1) is 20.3. The molecule has 3 aromatic heterocycles. The maximum Gasteiger partial charge on any atom is 0.238 e. The first-order valence-electron chi connectivity index (χ1n) is 10.5. The Bertz CT molecular complexity index is 1020. The van der Waals surface area contributed by atoms with Gasteiger partial charge in [0.2, 0.25) is 18.3 Å². The molecule has 30 heavy (non-hydrogen) atoms. The topological polar surface area (TPSA) is 98.6 Å². The number of rotatable bonds is 7. The molecule has 3 aromatic rings. The standard InChI is InChI=1S/C21H28FN6O2/c1-2-16-20(22)26-28-19(23-11-14-6-5-9-27(30)12-14)10-18(25-21(16)28)24-17-8-4-3-7-15(17)13-29/h5-6,9-10,12,15,17,23,29-30H,2-4,7-8,11,13H2,1H3,(H,24,25)/q+1/t15-,17-/m0/s1. The molecule has 0 unspecified atom stereocenters. The number of aliphatic hydroxyl groups is 1. The average molecular weight is 415 g/mol. The minimum atomic E-state index is -0.524. The van der Waals surface area contributed by atoms with Crippen molar-refractivity contribution in [1.82, 2.24) is 14.6 Å². The van der Waals surface area contributed by atoms with Crippen LogP contribution in [-0.2, 0) is 13.0 Å². The molecule has 1 saturated carbocycles. The summed E-state index contributed by atoms with van der Waals surface area (Å²) in [7, 11) is 0.